The third-order valence-electron chi connectivity index (χ3n) is 4.43. The smallest absolute Gasteiger partial charge is 0.308 e. The van der Waals surface area contributed by atoms with Crippen molar-refractivity contribution in [2.75, 3.05) is 0 Å². The molecule has 0 aromatic heterocycles. The first-order valence-corrected chi connectivity index (χ1v) is 12.1. The van der Waals surface area contributed by atoms with E-state index in [1.54, 1.807) is 13.8 Å². The van der Waals surface area contributed by atoms with Gasteiger partial charge < -0.3 is 20.0 Å². The van der Waals surface area contributed by atoms with Crippen molar-refractivity contribution < 1.29 is 45.6 Å². The average Bonchev–Trinajstić information content (AvgIpc) is 2.47. The molecule has 0 aliphatic carbocycles. The molecule has 0 aromatic rings. The van der Waals surface area contributed by atoms with Gasteiger partial charge in [-0.2, -0.15) is 26.3 Å². The van der Waals surface area contributed by atoms with E-state index in [1.807, 2.05) is 0 Å². The molecule has 0 fully saturated rings. The molecule has 0 heterocycles. The number of hydrogen-bond acceptors (Lipinski definition) is 2. The summed E-state index contributed by atoms with van der Waals surface area (Å²) in [6, 6.07) is -0.446. The van der Waals surface area contributed by atoms with Crippen LogP contribution in [-0.4, -0.2) is 38.6 Å². The average molecular weight is 489 g/mol. The normalized spacial score (nSPS) is 13.3. The Balaban J connectivity index is 0. The summed E-state index contributed by atoms with van der Waals surface area (Å²) in [5, 5.41) is 2.59. The largest absolute Gasteiger partial charge is 0.466 e. The van der Waals surface area contributed by atoms with Crippen LogP contribution >= 0.6 is 7.82 Å². The van der Waals surface area contributed by atoms with E-state index in [2.05, 4.69) is 12.2 Å². The molecule has 0 rings (SSSR count). The third-order valence-corrected chi connectivity index (χ3v) is 4.43. The van der Waals surface area contributed by atoms with E-state index in [-0.39, 0.29) is 6.42 Å². The quantitative estimate of drug-likeness (QED) is 0.125. The van der Waals surface area contributed by atoms with E-state index in [4.69, 9.17) is 19.2 Å². The van der Waals surface area contributed by atoms with Gasteiger partial charge in [0.05, 0.1) is 12.8 Å². The van der Waals surface area contributed by atoms with Crippen molar-refractivity contribution >= 4 is 7.82 Å². The molecule has 0 radical (unpaired) electrons. The first-order chi connectivity index (χ1) is 13.9. The Morgan fingerprint density at radius 1 is 0.742 bits per heavy atom. The number of alkyl halides is 6. The van der Waals surface area contributed by atoms with Crippen molar-refractivity contribution in [3.8, 4) is 0 Å². The zero-order valence-electron chi connectivity index (χ0n) is 18.5. The molecule has 0 aliphatic heterocycles. The minimum atomic E-state index is -4.64. The van der Waals surface area contributed by atoms with Crippen LogP contribution in [0.5, 0.6) is 0 Å². The van der Waals surface area contributed by atoms with Crippen LogP contribution in [0.2, 0.25) is 0 Å². The van der Waals surface area contributed by atoms with Crippen molar-refractivity contribution in [1.29, 1.82) is 0 Å². The first-order valence-electron chi connectivity index (χ1n) is 10.6. The van der Waals surface area contributed by atoms with Crippen LogP contribution in [0.25, 0.3) is 0 Å². The van der Waals surface area contributed by atoms with Crippen LogP contribution < -0.4 is 5.32 Å². The lowest BCUT2D eigenvalue weighted by molar-refractivity contribution is -0.184. The van der Waals surface area contributed by atoms with Crippen molar-refractivity contribution in [3.63, 3.8) is 0 Å². The van der Waals surface area contributed by atoms with E-state index in [0.29, 0.717) is 12.8 Å². The highest BCUT2D eigenvalue weighted by Gasteiger charge is 2.48. The maximum absolute atomic E-state index is 12.9. The summed E-state index contributed by atoms with van der Waals surface area (Å²) in [5.41, 5.74) is -1.97. The molecule has 0 unspecified atom stereocenters. The molecule has 0 saturated heterocycles. The molecular weight excluding hydrogens is 451 g/mol. The summed E-state index contributed by atoms with van der Waals surface area (Å²) in [6.45, 7) is 5.30. The molecule has 0 aliphatic rings. The molecule has 31 heavy (non-hydrogen) atoms. The summed E-state index contributed by atoms with van der Waals surface area (Å²) in [7, 11) is -4.64. The summed E-state index contributed by atoms with van der Waals surface area (Å²) >= 11 is 0. The fraction of sp³-hybridized carbons (Fsp3) is 1.00. The lowest BCUT2D eigenvalue weighted by Gasteiger charge is -2.38. The van der Waals surface area contributed by atoms with Gasteiger partial charge in [0.25, 0.3) is 0 Å². The van der Waals surface area contributed by atoms with Gasteiger partial charge in [-0.25, -0.2) is 4.57 Å². The molecule has 5 nitrogen and oxygen atoms in total. The van der Waals surface area contributed by atoms with Crippen molar-refractivity contribution in [1.82, 2.24) is 5.32 Å². The second-order valence-electron chi connectivity index (χ2n) is 8.25. The summed E-state index contributed by atoms with van der Waals surface area (Å²) in [5.74, 6) is 0. The minimum absolute atomic E-state index is 0.111. The number of phosphoric acid groups is 1. The van der Waals surface area contributed by atoms with Crippen LogP contribution in [0, 0.1) is 0 Å². The highest BCUT2D eigenvalue weighted by atomic mass is 31.2. The SMILES string of the molecule is CCCCCCCCCCCC(CC(F)(F)F)(CC(F)(F)F)NC(C)C.O=P(O)(O)O. The van der Waals surface area contributed by atoms with E-state index in [9.17, 15) is 26.3 Å². The Kier molecular flexibility index (Phi) is 16.4. The van der Waals surface area contributed by atoms with Crippen LogP contribution in [0.4, 0.5) is 26.3 Å². The molecule has 0 amide bonds. The third kappa shape index (κ3) is 27.6. The van der Waals surface area contributed by atoms with Gasteiger partial charge in [0, 0.05) is 11.6 Å². The Morgan fingerprint density at radius 3 is 1.35 bits per heavy atom. The van der Waals surface area contributed by atoms with Crippen molar-refractivity contribution in [2.24, 2.45) is 0 Å². The lowest BCUT2D eigenvalue weighted by atomic mass is 9.84. The maximum Gasteiger partial charge on any atom is 0.466 e. The molecular formula is C19H38F6NO4P. The fourth-order valence-corrected chi connectivity index (χ4v) is 3.57. The van der Waals surface area contributed by atoms with Gasteiger partial charge >= 0.3 is 20.2 Å². The summed E-state index contributed by atoms with van der Waals surface area (Å²) in [6.07, 6.45) is -3.57. The Hall–Kier alpha value is -0.350. The minimum Gasteiger partial charge on any atom is -0.308 e. The number of hydrogen-bond donors (Lipinski definition) is 4. The van der Waals surface area contributed by atoms with Gasteiger partial charge in [0.2, 0.25) is 0 Å². The molecule has 4 N–H and O–H groups in total. The van der Waals surface area contributed by atoms with Crippen LogP contribution in [0.3, 0.4) is 0 Å². The first kappa shape index (κ1) is 32.8. The second kappa shape index (κ2) is 15.5. The van der Waals surface area contributed by atoms with Gasteiger partial charge in [-0.1, -0.05) is 78.6 Å². The molecule has 0 atom stereocenters. The second-order valence-corrected chi connectivity index (χ2v) is 9.28. The van der Waals surface area contributed by atoms with Crippen molar-refractivity contribution in [2.45, 2.75) is 122 Å². The Labute approximate surface area is 181 Å². The summed E-state index contributed by atoms with van der Waals surface area (Å²) in [4.78, 5) is 21.6. The standard InChI is InChI=1S/C19H35F6N.H3O4P/c1-4-5-6-7-8-9-10-11-12-13-17(26-16(2)3,14-18(20,21)22)15-19(23,24)25;1-5(2,3)4/h16,26H,4-15H2,1-3H3;(H3,1,2,3,4). The molecule has 0 bridgehead atoms. The number of halogens is 6. The predicted octanol–water partition coefficient (Wildman–Crippen LogP) is 6.62. The zero-order valence-corrected chi connectivity index (χ0v) is 19.4. The van der Waals surface area contributed by atoms with E-state index >= 15 is 0 Å². The van der Waals surface area contributed by atoms with Gasteiger partial charge in [-0.3, -0.25) is 0 Å². The number of nitrogens with one attached hydrogen (secondary N) is 1. The van der Waals surface area contributed by atoms with Crippen LogP contribution in [0.15, 0.2) is 0 Å². The Morgan fingerprint density at radius 2 is 1.06 bits per heavy atom. The highest BCUT2D eigenvalue weighted by molar-refractivity contribution is 7.45. The topological polar surface area (TPSA) is 89.8 Å². The molecule has 190 valence electrons. The van der Waals surface area contributed by atoms with Gasteiger partial charge in [0.1, 0.15) is 0 Å². The maximum atomic E-state index is 12.9. The van der Waals surface area contributed by atoms with Gasteiger partial charge in [-0.15, -0.1) is 0 Å². The molecule has 0 aromatic carbocycles. The highest BCUT2D eigenvalue weighted by Crippen LogP contribution is 2.39. The van der Waals surface area contributed by atoms with Crippen LogP contribution in [-0.2, 0) is 4.57 Å². The lowest BCUT2D eigenvalue weighted by Crippen LogP contribution is -2.53. The molecule has 12 heteroatoms. The zero-order chi connectivity index (χ0) is 24.8. The summed E-state index contributed by atoms with van der Waals surface area (Å²) < 4.78 is 86.6. The van der Waals surface area contributed by atoms with Crippen LogP contribution in [0.1, 0.15) is 97.8 Å². The predicted molar refractivity (Wildman–Crippen MR) is 108 cm³/mol. The fourth-order valence-electron chi connectivity index (χ4n) is 3.57. The molecule has 0 saturated carbocycles. The van der Waals surface area contributed by atoms with E-state index < -0.39 is 44.6 Å². The van der Waals surface area contributed by atoms with Gasteiger partial charge in [-0.05, 0) is 6.42 Å². The number of rotatable bonds is 14. The van der Waals surface area contributed by atoms with Crippen molar-refractivity contribution in [3.05, 3.63) is 0 Å². The van der Waals surface area contributed by atoms with E-state index in [1.165, 1.54) is 19.3 Å². The van der Waals surface area contributed by atoms with Gasteiger partial charge in [0.15, 0.2) is 0 Å². The monoisotopic (exact) mass is 489 g/mol. The number of unbranched alkanes of at least 4 members (excludes halogenated alkanes) is 8. The Bertz CT molecular complexity index is 471. The van der Waals surface area contributed by atoms with E-state index in [0.717, 1.165) is 25.7 Å². The molecule has 0 spiro atoms.